The van der Waals surface area contributed by atoms with Crippen LogP contribution in [0.25, 0.3) is 0 Å². The van der Waals surface area contributed by atoms with E-state index < -0.39 is 5.82 Å². The van der Waals surface area contributed by atoms with Crippen LogP contribution in [0.5, 0.6) is 0 Å². The third kappa shape index (κ3) is 3.99. The Kier molecular flexibility index (Phi) is 4.90. The van der Waals surface area contributed by atoms with E-state index in [2.05, 4.69) is 20.5 Å². The molecule has 5 nitrogen and oxygen atoms in total. The van der Waals surface area contributed by atoms with E-state index in [4.69, 9.17) is 0 Å². The number of H-pyrrole nitrogens is 1. The predicted molar refractivity (Wildman–Crippen MR) is 91.5 cm³/mol. The molecule has 1 amide bonds. The predicted octanol–water partition coefficient (Wildman–Crippen LogP) is 3.80. The van der Waals surface area contributed by atoms with Gasteiger partial charge in [0.25, 0.3) is 5.91 Å². The molecule has 122 valence electrons. The molecule has 3 aromatic rings. The highest BCUT2D eigenvalue weighted by Crippen LogP contribution is 2.20. The van der Waals surface area contributed by atoms with Gasteiger partial charge in [-0.05, 0) is 42.3 Å². The second kappa shape index (κ2) is 7.27. The number of rotatable bonds is 5. The standard InChI is InChI=1S/C17H15FN4OS/c1-11-2-7-15(14(18)8-11)21-16(23)13-5-3-12(4-6-13)9-24-17-19-10-20-22-17/h2-8,10H,9H2,1H3,(H,21,23)(H,19,20,22). The van der Waals surface area contributed by atoms with Gasteiger partial charge >= 0.3 is 0 Å². The Morgan fingerprint density at radius 2 is 2.04 bits per heavy atom. The topological polar surface area (TPSA) is 70.7 Å². The van der Waals surface area contributed by atoms with Crippen LogP contribution < -0.4 is 5.32 Å². The minimum atomic E-state index is -0.441. The Morgan fingerprint density at radius 3 is 2.71 bits per heavy atom. The number of hydrogen-bond acceptors (Lipinski definition) is 4. The van der Waals surface area contributed by atoms with Crippen molar-refractivity contribution in [3.63, 3.8) is 0 Å². The van der Waals surface area contributed by atoms with E-state index in [1.165, 1.54) is 24.2 Å². The van der Waals surface area contributed by atoms with Crippen LogP contribution in [-0.4, -0.2) is 21.1 Å². The number of aromatic amines is 1. The molecule has 0 aliphatic heterocycles. The molecule has 0 saturated heterocycles. The van der Waals surface area contributed by atoms with E-state index in [9.17, 15) is 9.18 Å². The normalized spacial score (nSPS) is 10.6. The lowest BCUT2D eigenvalue weighted by Gasteiger charge is -2.08. The Balaban J connectivity index is 1.63. The maximum absolute atomic E-state index is 13.8. The molecule has 0 radical (unpaired) electrons. The average molecular weight is 342 g/mol. The number of benzene rings is 2. The third-order valence-electron chi connectivity index (χ3n) is 3.36. The van der Waals surface area contributed by atoms with E-state index in [-0.39, 0.29) is 11.6 Å². The lowest BCUT2D eigenvalue weighted by atomic mass is 10.1. The Hall–Kier alpha value is -2.67. The number of thioether (sulfide) groups is 1. The summed E-state index contributed by atoms with van der Waals surface area (Å²) in [5.41, 5.74) is 2.51. The van der Waals surface area contributed by atoms with Crippen molar-refractivity contribution in [2.45, 2.75) is 17.8 Å². The fraction of sp³-hybridized carbons (Fsp3) is 0.118. The van der Waals surface area contributed by atoms with Gasteiger partial charge in [0.15, 0.2) is 5.16 Å². The van der Waals surface area contributed by atoms with Crippen LogP contribution in [0, 0.1) is 12.7 Å². The first-order chi connectivity index (χ1) is 11.6. The summed E-state index contributed by atoms with van der Waals surface area (Å²) < 4.78 is 13.8. The molecular weight excluding hydrogens is 327 g/mol. The second-order valence-corrected chi connectivity index (χ2v) is 6.18. The summed E-state index contributed by atoms with van der Waals surface area (Å²) in [6.45, 7) is 1.80. The zero-order chi connectivity index (χ0) is 16.9. The highest BCUT2D eigenvalue weighted by Gasteiger charge is 2.09. The zero-order valence-corrected chi connectivity index (χ0v) is 13.7. The molecule has 0 saturated carbocycles. The van der Waals surface area contributed by atoms with Gasteiger partial charge in [-0.1, -0.05) is 30.0 Å². The number of aryl methyl sites for hydroxylation is 1. The van der Waals surface area contributed by atoms with E-state index in [0.717, 1.165) is 16.3 Å². The van der Waals surface area contributed by atoms with Crippen molar-refractivity contribution < 1.29 is 9.18 Å². The summed E-state index contributed by atoms with van der Waals surface area (Å²) in [7, 11) is 0. The van der Waals surface area contributed by atoms with Crippen molar-refractivity contribution in [1.82, 2.24) is 15.2 Å². The molecule has 7 heteroatoms. The fourth-order valence-electron chi connectivity index (χ4n) is 2.08. The van der Waals surface area contributed by atoms with Gasteiger partial charge in [0, 0.05) is 11.3 Å². The monoisotopic (exact) mass is 342 g/mol. The van der Waals surface area contributed by atoms with Gasteiger partial charge in [-0.15, -0.1) is 0 Å². The summed E-state index contributed by atoms with van der Waals surface area (Å²) in [5, 5.41) is 9.89. The first kappa shape index (κ1) is 16.2. The van der Waals surface area contributed by atoms with Crippen molar-refractivity contribution in [2.75, 3.05) is 5.32 Å². The smallest absolute Gasteiger partial charge is 0.255 e. The van der Waals surface area contributed by atoms with Crippen LogP contribution in [0.3, 0.4) is 0 Å². The summed E-state index contributed by atoms with van der Waals surface area (Å²) in [4.78, 5) is 16.2. The molecule has 0 spiro atoms. The third-order valence-corrected chi connectivity index (χ3v) is 4.31. The van der Waals surface area contributed by atoms with Gasteiger partial charge in [0.05, 0.1) is 5.69 Å². The molecule has 2 aromatic carbocycles. The Labute approximate surface area is 142 Å². The first-order valence-electron chi connectivity index (χ1n) is 7.26. The number of amides is 1. The number of aromatic nitrogens is 3. The fourth-order valence-corrected chi connectivity index (χ4v) is 2.82. The lowest BCUT2D eigenvalue weighted by molar-refractivity contribution is 0.102. The van der Waals surface area contributed by atoms with Crippen molar-refractivity contribution in [2.24, 2.45) is 0 Å². The minimum Gasteiger partial charge on any atom is -0.319 e. The molecule has 0 aliphatic carbocycles. The molecule has 1 heterocycles. The van der Waals surface area contributed by atoms with Crippen LogP contribution in [0.1, 0.15) is 21.5 Å². The van der Waals surface area contributed by atoms with Gasteiger partial charge in [0.1, 0.15) is 12.1 Å². The number of nitrogens with zero attached hydrogens (tertiary/aromatic N) is 2. The van der Waals surface area contributed by atoms with Gasteiger partial charge in [-0.2, -0.15) is 5.10 Å². The molecular formula is C17H15FN4OS. The molecule has 24 heavy (non-hydrogen) atoms. The largest absolute Gasteiger partial charge is 0.319 e. The van der Waals surface area contributed by atoms with E-state index >= 15 is 0 Å². The molecule has 0 unspecified atom stereocenters. The summed E-state index contributed by atoms with van der Waals surface area (Å²) in [5.74, 6) is -0.0698. The molecule has 3 rings (SSSR count). The molecule has 0 atom stereocenters. The van der Waals surface area contributed by atoms with Crippen molar-refractivity contribution in [1.29, 1.82) is 0 Å². The van der Waals surface area contributed by atoms with E-state index in [0.29, 0.717) is 11.3 Å². The molecule has 2 N–H and O–H groups in total. The molecule has 0 bridgehead atoms. The summed E-state index contributed by atoms with van der Waals surface area (Å²) >= 11 is 1.52. The number of halogens is 1. The van der Waals surface area contributed by atoms with Gasteiger partial charge in [-0.25, -0.2) is 9.37 Å². The van der Waals surface area contributed by atoms with Crippen LogP contribution in [0.4, 0.5) is 10.1 Å². The number of carbonyl (C=O) groups excluding carboxylic acids is 1. The van der Waals surface area contributed by atoms with Gasteiger partial charge in [0.2, 0.25) is 0 Å². The van der Waals surface area contributed by atoms with Crippen LogP contribution in [-0.2, 0) is 5.75 Å². The van der Waals surface area contributed by atoms with Crippen LogP contribution in [0.2, 0.25) is 0 Å². The highest BCUT2D eigenvalue weighted by molar-refractivity contribution is 7.98. The van der Waals surface area contributed by atoms with Gasteiger partial charge in [-0.3, -0.25) is 9.89 Å². The zero-order valence-electron chi connectivity index (χ0n) is 12.9. The van der Waals surface area contributed by atoms with Crippen molar-refractivity contribution in [3.8, 4) is 0 Å². The summed E-state index contributed by atoms with van der Waals surface area (Å²) in [6.07, 6.45) is 1.46. The second-order valence-electron chi connectivity index (χ2n) is 5.21. The van der Waals surface area contributed by atoms with Gasteiger partial charge < -0.3 is 5.32 Å². The highest BCUT2D eigenvalue weighted by atomic mass is 32.2. The SMILES string of the molecule is Cc1ccc(NC(=O)c2ccc(CSc3ncn[nH]3)cc2)c(F)c1. The minimum absolute atomic E-state index is 0.176. The maximum atomic E-state index is 13.8. The quantitative estimate of drug-likeness (QED) is 0.692. The van der Waals surface area contributed by atoms with Crippen molar-refractivity contribution >= 4 is 23.4 Å². The van der Waals surface area contributed by atoms with Crippen LogP contribution in [0.15, 0.2) is 53.9 Å². The number of hydrogen-bond donors (Lipinski definition) is 2. The first-order valence-corrected chi connectivity index (χ1v) is 8.25. The maximum Gasteiger partial charge on any atom is 0.255 e. The van der Waals surface area contributed by atoms with Crippen LogP contribution >= 0.6 is 11.8 Å². The Bertz CT molecular complexity index is 834. The summed E-state index contributed by atoms with van der Waals surface area (Å²) in [6, 6.07) is 11.9. The number of nitrogens with one attached hydrogen (secondary N) is 2. The van der Waals surface area contributed by atoms with E-state index in [1.807, 2.05) is 12.1 Å². The molecule has 0 fully saturated rings. The number of carbonyl (C=O) groups is 1. The van der Waals surface area contributed by atoms with Crippen molar-refractivity contribution in [3.05, 3.63) is 71.3 Å². The van der Waals surface area contributed by atoms with E-state index in [1.54, 1.807) is 31.2 Å². The number of anilines is 1. The lowest BCUT2D eigenvalue weighted by Crippen LogP contribution is -2.13. The molecule has 1 aromatic heterocycles. The Morgan fingerprint density at radius 1 is 1.25 bits per heavy atom. The average Bonchev–Trinajstić information content (AvgIpc) is 3.09. The molecule has 0 aliphatic rings.